The van der Waals surface area contributed by atoms with E-state index in [2.05, 4.69) is 9.18 Å². The number of aliphatic hydroxyl groups excluding tert-OH is 2. The second-order valence-corrected chi connectivity index (χ2v) is 6.32. The zero-order valence-corrected chi connectivity index (χ0v) is 13.9. The summed E-state index contributed by atoms with van der Waals surface area (Å²) in [6, 6.07) is 6.81. The van der Waals surface area contributed by atoms with Crippen LogP contribution in [0.2, 0.25) is 0 Å². The lowest BCUT2D eigenvalue weighted by Crippen LogP contribution is -2.61. The molecule has 10 nitrogen and oxygen atoms in total. The summed E-state index contributed by atoms with van der Waals surface area (Å²) in [6.45, 7) is 0.419. The first-order valence-electron chi connectivity index (χ1n) is 7.24. The Hall–Kier alpha value is -1.76. The summed E-state index contributed by atoms with van der Waals surface area (Å²) in [5.74, 6) is -0.385. The molecular weight excluding hydrogens is 358 g/mol. The number of aliphatic imine (C=N–C) groups is 1. The number of ether oxygens (including phenoxy) is 2. The van der Waals surface area contributed by atoms with Gasteiger partial charge in [-0.05, 0) is 25.0 Å². The third-order valence-corrected chi connectivity index (χ3v) is 3.85. The molecule has 1 aromatic rings. The molecule has 2 rings (SSSR count). The van der Waals surface area contributed by atoms with Crippen LogP contribution in [-0.4, -0.2) is 66.3 Å². The maximum Gasteiger partial charge on any atom is 0.397 e. The largest absolute Gasteiger partial charge is 0.862 e. The highest BCUT2D eigenvalue weighted by atomic mass is 32.3. The van der Waals surface area contributed by atoms with Gasteiger partial charge < -0.3 is 24.8 Å². The van der Waals surface area contributed by atoms with Crippen LogP contribution in [0.1, 0.15) is 6.92 Å². The summed E-state index contributed by atoms with van der Waals surface area (Å²) in [5, 5.41) is 30.9. The first-order valence-corrected chi connectivity index (χ1v) is 8.61. The first-order chi connectivity index (χ1) is 11.7. The van der Waals surface area contributed by atoms with Crippen LogP contribution in [0, 0.1) is 0 Å². The molecule has 140 valence electrons. The van der Waals surface area contributed by atoms with Crippen molar-refractivity contribution in [2.24, 2.45) is 4.99 Å². The third-order valence-electron chi connectivity index (χ3n) is 3.38. The zero-order valence-electron chi connectivity index (χ0n) is 13.1. The van der Waals surface area contributed by atoms with Crippen molar-refractivity contribution in [2.75, 3.05) is 6.61 Å². The average molecular weight is 376 g/mol. The van der Waals surface area contributed by atoms with E-state index in [1.54, 1.807) is 30.3 Å². The molecule has 0 amide bonds. The van der Waals surface area contributed by atoms with Crippen molar-refractivity contribution >= 4 is 16.3 Å². The predicted molar refractivity (Wildman–Crippen MR) is 82.1 cm³/mol. The fourth-order valence-electron chi connectivity index (χ4n) is 2.38. The number of para-hydroxylation sites is 1. The van der Waals surface area contributed by atoms with Gasteiger partial charge in [0.1, 0.15) is 30.1 Å². The Bertz CT molecular complexity index is 690. The van der Waals surface area contributed by atoms with Gasteiger partial charge in [-0.2, -0.15) is 8.42 Å². The second-order valence-electron chi connectivity index (χ2n) is 5.27. The minimum atomic E-state index is -4.98. The molecule has 0 saturated carbocycles. The molecule has 0 radical (unpaired) electrons. The number of aliphatic hydroxyl groups is 2. The van der Waals surface area contributed by atoms with Gasteiger partial charge in [0.25, 0.3) is 0 Å². The van der Waals surface area contributed by atoms with E-state index in [4.69, 9.17) is 14.0 Å². The molecule has 1 aliphatic heterocycles. The molecular formula is C14H18NO9S-. The highest BCUT2D eigenvalue weighted by Gasteiger charge is 2.49. The molecule has 1 saturated heterocycles. The summed E-state index contributed by atoms with van der Waals surface area (Å²) >= 11 is 0. The zero-order chi connectivity index (χ0) is 18.6. The van der Waals surface area contributed by atoms with Crippen LogP contribution in [0.5, 0.6) is 5.75 Å². The lowest BCUT2D eigenvalue weighted by atomic mass is 9.97. The van der Waals surface area contributed by atoms with Crippen molar-refractivity contribution in [3.63, 3.8) is 0 Å². The van der Waals surface area contributed by atoms with Gasteiger partial charge in [0.05, 0.1) is 6.61 Å². The van der Waals surface area contributed by atoms with Crippen molar-refractivity contribution in [1.29, 1.82) is 0 Å². The molecule has 1 unspecified atom stereocenters. The predicted octanol–water partition coefficient (Wildman–Crippen LogP) is -1.52. The number of hydrogen-bond acceptors (Lipinski definition) is 9. The van der Waals surface area contributed by atoms with E-state index in [0.717, 1.165) is 6.92 Å². The molecule has 11 heteroatoms. The number of benzene rings is 1. The van der Waals surface area contributed by atoms with E-state index in [-0.39, 0.29) is 0 Å². The standard InChI is InChI=1S/C14H19NO9S/c1-8(17)15-11-13(24-25(19,20)21)12(18)10(7-16)23-14(11)22-9-5-3-2-4-6-9/h2-6,10-14,16,18H,7H2,1H3,(H,15,17)(H,19,20,21)/p-1/t10-,11-,12+,13-,14?/m1/s1. The number of rotatable bonds is 6. The normalized spacial score (nSPS) is 30.9. The van der Waals surface area contributed by atoms with Crippen LogP contribution in [0.25, 0.3) is 0 Å². The maximum atomic E-state index is 11.4. The fraction of sp³-hybridized carbons (Fsp3) is 0.500. The molecule has 1 fully saturated rings. The van der Waals surface area contributed by atoms with Gasteiger partial charge in [-0.25, -0.2) is 4.18 Å². The fourth-order valence-corrected chi connectivity index (χ4v) is 2.89. The van der Waals surface area contributed by atoms with Crippen molar-refractivity contribution in [3.05, 3.63) is 30.3 Å². The molecule has 0 aromatic heterocycles. The van der Waals surface area contributed by atoms with E-state index in [9.17, 15) is 23.7 Å². The Kier molecular flexibility index (Phi) is 6.32. The maximum absolute atomic E-state index is 11.4. The van der Waals surface area contributed by atoms with Gasteiger partial charge in [0.15, 0.2) is 0 Å². The van der Waals surface area contributed by atoms with Crippen molar-refractivity contribution < 1.29 is 41.9 Å². The molecule has 25 heavy (non-hydrogen) atoms. The Morgan fingerprint density at radius 3 is 2.52 bits per heavy atom. The summed E-state index contributed by atoms with van der Waals surface area (Å²) in [5.41, 5.74) is 0. The van der Waals surface area contributed by atoms with E-state index >= 15 is 0 Å². The molecule has 0 spiro atoms. The van der Waals surface area contributed by atoms with Gasteiger partial charge in [-0.3, -0.25) is 9.55 Å². The quantitative estimate of drug-likeness (QED) is 0.304. The van der Waals surface area contributed by atoms with Crippen molar-refractivity contribution in [2.45, 2.75) is 37.6 Å². The molecule has 0 aliphatic carbocycles. The van der Waals surface area contributed by atoms with Crippen molar-refractivity contribution in [3.8, 4) is 5.75 Å². The molecule has 5 atom stereocenters. The summed E-state index contributed by atoms with van der Waals surface area (Å²) in [4.78, 5) is 3.67. The topological polar surface area (TPSA) is 158 Å². The highest BCUT2D eigenvalue weighted by molar-refractivity contribution is 7.80. The molecule has 3 N–H and O–H groups in total. The first kappa shape index (κ1) is 19.6. The summed E-state index contributed by atoms with van der Waals surface area (Å²) in [7, 11) is -4.98. The monoisotopic (exact) mass is 376 g/mol. The van der Waals surface area contributed by atoms with Crippen LogP contribution >= 0.6 is 0 Å². The minimum absolute atomic E-state index is 0.315. The molecule has 0 bridgehead atoms. The third kappa shape index (κ3) is 5.36. The van der Waals surface area contributed by atoms with E-state index in [0.29, 0.717) is 5.75 Å². The SMILES string of the molecule is CC([O-])=N[C@H]1C(Oc2ccccc2)O[C@H](CO)[C@H](O)[C@@H]1OS(=O)(=O)O. The Balaban J connectivity index is 2.38. The lowest BCUT2D eigenvalue weighted by molar-refractivity contribution is -0.241. The van der Waals surface area contributed by atoms with Crippen LogP contribution in [0.15, 0.2) is 35.3 Å². The number of hydrogen-bond donors (Lipinski definition) is 3. The van der Waals surface area contributed by atoms with Gasteiger partial charge in [0, 0.05) is 0 Å². The molecule has 1 aliphatic rings. The Labute approximate surface area is 144 Å². The van der Waals surface area contributed by atoms with E-state index < -0.39 is 53.5 Å². The smallest absolute Gasteiger partial charge is 0.397 e. The van der Waals surface area contributed by atoms with Crippen LogP contribution in [0.3, 0.4) is 0 Å². The van der Waals surface area contributed by atoms with Gasteiger partial charge in [0.2, 0.25) is 6.29 Å². The average Bonchev–Trinajstić information content (AvgIpc) is 2.53. The Morgan fingerprint density at radius 2 is 2.00 bits per heavy atom. The Morgan fingerprint density at radius 1 is 1.36 bits per heavy atom. The lowest BCUT2D eigenvalue weighted by Gasteiger charge is -2.41. The van der Waals surface area contributed by atoms with Gasteiger partial charge >= 0.3 is 10.4 Å². The number of nitrogens with zero attached hydrogens (tertiary/aromatic N) is 1. The summed E-state index contributed by atoms with van der Waals surface area (Å²) < 4.78 is 46.5. The van der Waals surface area contributed by atoms with Crippen LogP contribution in [0.4, 0.5) is 0 Å². The minimum Gasteiger partial charge on any atom is -0.862 e. The van der Waals surface area contributed by atoms with Crippen molar-refractivity contribution in [1.82, 2.24) is 0 Å². The van der Waals surface area contributed by atoms with Crippen LogP contribution < -0.4 is 9.84 Å². The molecule has 1 heterocycles. The highest BCUT2D eigenvalue weighted by Crippen LogP contribution is 2.29. The van der Waals surface area contributed by atoms with Gasteiger partial charge in [-0.15, -0.1) is 0 Å². The van der Waals surface area contributed by atoms with Crippen LogP contribution in [-0.2, 0) is 19.3 Å². The van der Waals surface area contributed by atoms with Gasteiger partial charge in [-0.1, -0.05) is 18.2 Å². The van der Waals surface area contributed by atoms with E-state index in [1.807, 2.05) is 0 Å². The molecule has 1 aromatic carbocycles. The second kappa shape index (κ2) is 8.08. The summed E-state index contributed by atoms with van der Waals surface area (Å²) in [6.07, 6.45) is -6.01. The van der Waals surface area contributed by atoms with E-state index in [1.165, 1.54) is 0 Å².